The van der Waals surface area contributed by atoms with E-state index in [1.54, 1.807) is 0 Å². The van der Waals surface area contributed by atoms with E-state index in [0.717, 1.165) is 43.7 Å². The number of benzene rings is 2. The molecule has 0 saturated heterocycles. The molecule has 1 aliphatic heterocycles. The Balaban J connectivity index is 1.22. The van der Waals surface area contributed by atoms with Gasteiger partial charge in [-0.15, -0.1) is 0 Å². The largest absolute Gasteiger partial charge is 0.426 e. The number of rotatable bonds is 13. The van der Waals surface area contributed by atoms with E-state index in [1.165, 1.54) is 81.0 Å². The highest BCUT2D eigenvalue weighted by Gasteiger charge is 2.27. The molecular weight excluding hydrogens is 456 g/mol. The number of hydrogen-bond donors (Lipinski definition) is 2. The van der Waals surface area contributed by atoms with Crippen LogP contribution in [0.25, 0.3) is 0 Å². The SMILES string of the molecule is CCCCCCCCCc1ccc2c(c1)CNC(c1ccc(OC(=O)[C@H]3CC[C@H](CCC)CC3)cc1)N2. The third-order valence-electron chi connectivity index (χ3n) is 8.34. The average Bonchev–Trinajstić information content (AvgIpc) is 2.93. The second kappa shape index (κ2) is 14.6. The van der Waals surface area contributed by atoms with Crippen LogP contribution in [0.3, 0.4) is 0 Å². The maximum atomic E-state index is 12.7. The molecule has 0 bridgehead atoms. The molecule has 0 radical (unpaired) electrons. The van der Waals surface area contributed by atoms with E-state index in [9.17, 15) is 4.79 Å². The van der Waals surface area contributed by atoms with Gasteiger partial charge in [-0.2, -0.15) is 0 Å². The highest BCUT2D eigenvalue weighted by Crippen LogP contribution is 2.33. The second-order valence-electron chi connectivity index (χ2n) is 11.3. The molecule has 37 heavy (non-hydrogen) atoms. The Morgan fingerprint density at radius 3 is 2.32 bits per heavy atom. The molecule has 1 saturated carbocycles. The lowest BCUT2D eigenvalue weighted by molar-refractivity contribution is -0.140. The van der Waals surface area contributed by atoms with Crippen LogP contribution in [0, 0.1) is 11.8 Å². The Labute approximate surface area is 225 Å². The zero-order valence-corrected chi connectivity index (χ0v) is 23.2. The molecular formula is C33H48N2O2. The van der Waals surface area contributed by atoms with E-state index >= 15 is 0 Å². The summed E-state index contributed by atoms with van der Waals surface area (Å²) in [5.41, 5.74) is 5.15. The molecule has 0 amide bonds. The molecule has 4 heteroatoms. The summed E-state index contributed by atoms with van der Waals surface area (Å²) in [6, 6.07) is 14.9. The number of carbonyl (C=O) groups is 1. The first kappa shape index (κ1) is 27.7. The summed E-state index contributed by atoms with van der Waals surface area (Å²) in [5, 5.41) is 7.27. The van der Waals surface area contributed by atoms with Crippen molar-refractivity contribution in [3.8, 4) is 5.75 Å². The number of aryl methyl sites for hydroxylation is 1. The lowest BCUT2D eigenvalue weighted by Crippen LogP contribution is -2.32. The fourth-order valence-electron chi connectivity index (χ4n) is 6.02. The number of fused-ring (bicyclic) bond motifs is 1. The van der Waals surface area contributed by atoms with Crippen molar-refractivity contribution in [1.82, 2.24) is 5.32 Å². The normalized spacial score (nSPS) is 21.2. The van der Waals surface area contributed by atoms with Crippen LogP contribution in [0.15, 0.2) is 42.5 Å². The van der Waals surface area contributed by atoms with Gasteiger partial charge in [-0.1, -0.05) is 89.5 Å². The van der Waals surface area contributed by atoms with Gasteiger partial charge in [0.15, 0.2) is 0 Å². The number of unbranched alkanes of at least 4 members (excludes halogenated alkanes) is 6. The van der Waals surface area contributed by atoms with E-state index in [-0.39, 0.29) is 18.1 Å². The quantitative estimate of drug-likeness (QED) is 0.163. The average molecular weight is 505 g/mol. The van der Waals surface area contributed by atoms with Crippen LogP contribution in [0.4, 0.5) is 5.69 Å². The van der Waals surface area contributed by atoms with Gasteiger partial charge in [0.05, 0.1) is 5.92 Å². The summed E-state index contributed by atoms with van der Waals surface area (Å²) >= 11 is 0. The molecule has 4 rings (SSSR count). The van der Waals surface area contributed by atoms with Crippen LogP contribution >= 0.6 is 0 Å². The zero-order valence-electron chi connectivity index (χ0n) is 23.2. The van der Waals surface area contributed by atoms with E-state index in [1.807, 2.05) is 12.1 Å². The molecule has 0 spiro atoms. The van der Waals surface area contributed by atoms with Gasteiger partial charge in [-0.05, 0) is 79.3 Å². The maximum Gasteiger partial charge on any atom is 0.314 e. The van der Waals surface area contributed by atoms with Crippen LogP contribution in [0.1, 0.15) is 120 Å². The van der Waals surface area contributed by atoms with Crippen molar-refractivity contribution in [2.75, 3.05) is 5.32 Å². The van der Waals surface area contributed by atoms with Crippen LogP contribution in [0.2, 0.25) is 0 Å². The van der Waals surface area contributed by atoms with E-state index in [2.05, 4.69) is 54.8 Å². The Bertz CT molecular complexity index is 963. The minimum Gasteiger partial charge on any atom is -0.426 e. The first-order chi connectivity index (χ1) is 18.2. The predicted octanol–water partition coefficient (Wildman–Crippen LogP) is 8.71. The van der Waals surface area contributed by atoms with Crippen molar-refractivity contribution in [2.24, 2.45) is 11.8 Å². The first-order valence-electron chi connectivity index (χ1n) is 15.1. The van der Waals surface area contributed by atoms with E-state index in [4.69, 9.17) is 4.74 Å². The van der Waals surface area contributed by atoms with Crippen LogP contribution in [-0.2, 0) is 17.8 Å². The summed E-state index contributed by atoms with van der Waals surface area (Å²) in [6.07, 6.45) is 17.5. The van der Waals surface area contributed by atoms with E-state index < -0.39 is 0 Å². The monoisotopic (exact) mass is 504 g/mol. The Morgan fingerprint density at radius 2 is 1.59 bits per heavy atom. The van der Waals surface area contributed by atoms with Gasteiger partial charge < -0.3 is 10.1 Å². The van der Waals surface area contributed by atoms with Gasteiger partial charge in [0.2, 0.25) is 0 Å². The van der Waals surface area contributed by atoms with Crippen molar-refractivity contribution >= 4 is 11.7 Å². The minimum atomic E-state index is -0.0576. The highest BCUT2D eigenvalue weighted by atomic mass is 16.5. The van der Waals surface area contributed by atoms with E-state index in [0.29, 0.717) is 5.75 Å². The summed E-state index contributed by atoms with van der Waals surface area (Å²) in [6.45, 7) is 5.38. The third-order valence-corrected chi connectivity index (χ3v) is 8.34. The molecule has 1 aliphatic carbocycles. The molecule has 2 N–H and O–H groups in total. The van der Waals surface area contributed by atoms with Crippen molar-refractivity contribution in [3.63, 3.8) is 0 Å². The number of esters is 1. The van der Waals surface area contributed by atoms with Crippen molar-refractivity contribution in [3.05, 3.63) is 59.2 Å². The molecule has 1 heterocycles. The fourth-order valence-corrected chi connectivity index (χ4v) is 6.02. The lowest BCUT2D eigenvalue weighted by Gasteiger charge is -2.29. The molecule has 2 aliphatic rings. The predicted molar refractivity (Wildman–Crippen MR) is 154 cm³/mol. The summed E-state index contributed by atoms with van der Waals surface area (Å²) in [7, 11) is 0. The standard InChI is InChI=1S/C33H48N2O2/c1-3-5-6-7-8-9-10-12-26-15-22-31-29(23-26)24-34-32(35-31)27-18-20-30(21-19-27)37-33(36)28-16-13-25(11-4-2)14-17-28/h15,18-23,25,28,32,34-35H,3-14,16-17,24H2,1-2H3/t25-,28-,32?. The van der Waals surface area contributed by atoms with Crippen molar-refractivity contribution < 1.29 is 9.53 Å². The molecule has 2 aromatic carbocycles. The lowest BCUT2D eigenvalue weighted by atomic mass is 9.80. The Kier molecular flexibility index (Phi) is 10.9. The molecule has 1 atom stereocenters. The number of ether oxygens (including phenoxy) is 1. The number of carbonyl (C=O) groups excluding carboxylic acids is 1. The van der Waals surface area contributed by atoms with Crippen LogP contribution in [-0.4, -0.2) is 5.97 Å². The third kappa shape index (κ3) is 8.33. The molecule has 202 valence electrons. The second-order valence-corrected chi connectivity index (χ2v) is 11.3. The number of hydrogen-bond acceptors (Lipinski definition) is 4. The smallest absolute Gasteiger partial charge is 0.314 e. The summed E-state index contributed by atoms with van der Waals surface area (Å²) < 4.78 is 5.75. The van der Waals surface area contributed by atoms with Crippen LogP contribution < -0.4 is 15.4 Å². The van der Waals surface area contributed by atoms with Gasteiger partial charge >= 0.3 is 5.97 Å². The van der Waals surface area contributed by atoms with Crippen LogP contribution in [0.5, 0.6) is 5.75 Å². The van der Waals surface area contributed by atoms with Crippen molar-refractivity contribution in [1.29, 1.82) is 0 Å². The molecule has 4 nitrogen and oxygen atoms in total. The van der Waals surface area contributed by atoms with Gasteiger partial charge in [0.25, 0.3) is 0 Å². The fraction of sp³-hybridized carbons (Fsp3) is 0.606. The number of nitrogens with one attached hydrogen (secondary N) is 2. The summed E-state index contributed by atoms with van der Waals surface area (Å²) in [5.74, 6) is 1.45. The van der Waals surface area contributed by atoms with Gasteiger partial charge in [-0.3, -0.25) is 10.1 Å². The molecule has 2 aromatic rings. The topological polar surface area (TPSA) is 50.4 Å². The van der Waals surface area contributed by atoms with Crippen molar-refractivity contribution in [2.45, 2.75) is 116 Å². The summed E-state index contributed by atoms with van der Waals surface area (Å²) in [4.78, 5) is 12.7. The minimum absolute atomic E-state index is 0.0556. The Hall–Kier alpha value is -2.33. The zero-order chi connectivity index (χ0) is 25.9. The Morgan fingerprint density at radius 1 is 0.865 bits per heavy atom. The van der Waals surface area contributed by atoms with Gasteiger partial charge in [-0.25, -0.2) is 0 Å². The van der Waals surface area contributed by atoms with Gasteiger partial charge in [0.1, 0.15) is 11.9 Å². The molecule has 0 aromatic heterocycles. The van der Waals surface area contributed by atoms with Gasteiger partial charge in [0, 0.05) is 12.2 Å². The molecule has 1 unspecified atom stereocenters. The maximum absolute atomic E-state index is 12.7. The highest BCUT2D eigenvalue weighted by molar-refractivity contribution is 5.75. The number of anilines is 1. The first-order valence-corrected chi connectivity index (χ1v) is 15.1. The molecule has 1 fully saturated rings.